The first kappa shape index (κ1) is 22.1. The van der Waals surface area contributed by atoms with Gasteiger partial charge in [-0.15, -0.1) is 0 Å². The average molecular weight is 444 g/mol. The highest BCUT2D eigenvalue weighted by Gasteiger charge is 2.39. The third-order valence-corrected chi connectivity index (χ3v) is 5.77. The Kier molecular flexibility index (Phi) is 6.13. The molecule has 0 atom stereocenters. The van der Waals surface area contributed by atoms with Gasteiger partial charge in [-0.1, -0.05) is 24.3 Å². The van der Waals surface area contributed by atoms with Crippen molar-refractivity contribution in [3.63, 3.8) is 0 Å². The number of aryl methyl sites for hydroxylation is 1. The molecule has 1 N–H and O–H groups in total. The molecular weight excluding hydrogens is 418 g/mol. The highest BCUT2D eigenvalue weighted by atomic mass is 16.5. The van der Waals surface area contributed by atoms with E-state index in [1.165, 1.54) is 12.0 Å². The van der Waals surface area contributed by atoms with Gasteiger partial charge >= 0.3 is 0 Å². The molecule has 2 heterocycles. The molecule has 4 rings (SSSR count). The minimum absolute atomic E-state index is 0.125. The van der Waals surface area contributed by atoms with E-state index in [1.807, 2.05) is 38.1 Å². The molecule has 7 nitrogen and oxygen atoms in total. The van der Waals surface area contributed by atoms with Crippen LogP contribution in [0.4, 0.5) is 5.69 Å². The smallest absolute Gasteiger partial charge is 0.278 e. The first-order valence-electron chi connectivity index (χ1n) is 10.5. The molecule has 0 unspecified atom stereocenters. The van der Waals surface area contributed by atoms with Crippen LogP contribution in [0.25, 0.3) is 5.57 Å². The second kappa shape index (κ2) is 9.16. The van der Waals surface area contributed by atoms with Crippen molar-refractivity contribution in [3.05, 3.63) is 88.9 Å². The van der Waals surface area contributed by atoms with Gasteiger partial charge in [0.05, 0.1) is 26.3 Å². The fourth-order valence-corrected chi connectivity index (χ4v) is 3.79. The highest BCUT2D eigenvalue weighted by Crippen LogP contribution is 2.36. The van der Waals surface area contributed by atoms with Gasteiger partial charge in [0.15, 0.2) is 11.5 Å². The SMILES string of the molecule is COc1ccc(C2=C(Nc3cccc(C)c3C)C(=O)N(Cc3cccnc3)C2=O)cc1OC. The number of nitrogens with one attached hydrogen (secondary N) is 1. The molecule has 1 aromatic heterocycles. The van der Waals surface area contributed by atoms with Crippen LogP contribution in [0.1, 0.15) is 22.3 Å². The lowest BCUT2D eigenvalue weighted by Crippen LogP contribution is -2.32. The van der Waals surface area contributed by atoms with Crippen molar-refractivity contribution < 1.29 is 19.1 Å². The quantitative estimate of drug-likeness (QED) is 0.554. The summed E-state index contributed by atoms with van der Waals surface area (Å²) in [6.45, 7) is 4.10. The van der Waals surface area contributed by atoms with Crippen molar-refractivity contribution in [2.75, 3.05) is 19.5 Å². The molecule has 1 aliphatic heterocycles. The van der Waals surface area contributed by atoms with E-state index in [1.54, 1.807) is 43.8 Å². The van der Waals surface area contributed by atoms with Gasteiger partial charge in [-0.25, -0.2) is 0 Å². The van der Waals surface area contributed by atoms with E-state index in [-0.39, 0.29) is 23.7 Å². The molecule has 2 aromatic carbocycles. The Morgan fingerprint density at radius 3 is 2.42 bits per heavy atom. The van der Waals surface area contributed by atoms with E-state index in [0.29, 0.717) is 17.1 Å². The number of aromatic nitrogens is 1. The maximum Gasteiger partial charge on any atom is 0.278 e. The first-order chi connectivity index (χ1) is 15.9. The number of imide groups is 1. The summed E-state index contributed by atoms with van der Waals surface area (Å²) in [7, 11) is 3.08. The van der Waals surface area contributed by atoms with Gasteiger partial charge in [0.2, 0.25) is 0 Å². The number of benzene rings is 2. The molecule has 3 aromatic rings. The minimum Gasteiger partial charge on any atom is -0.493 e. The molecule has 0 saturated carbocycles. The van der Waals surface area contributed by atoms with Gasteiger partial charge in [-0.2, -0.15) is 0 Å². The second-order valence-corrected chi connectivity index (χ2v) is 7.75. The molecule has 0 saturated heterocycles. The van der Waals surface area contributed by atoms with Gasteiger partial charge < -0.3 is 14.8 Å². The Morgan fingerprint density at radius 2 is 1.73 bits per heavy atom. The summed E-state index contributed by atoms with van der Waals surface area (Å²) in [6.07, 6.45) is 3.30. The van der Waals surface area contributed by atoms with E-state index in [0.717, 1.165) is 22.4 Å². The number of carbonyl (C=O) groups is 2. The molecule has 33 heavy (non-hydrogen) atoms. The number of rotatable bonds is 7. The maximum atomic E-state index is 13.5. The maximum absolute atomic E-state index is 13.5. The predicted molar refractivity (Wildman–Crippen MR) is 126 cm³/mol. The summed E-state index contributed by atoms with van der Waals surface area (Å²) < 4.78 is 10.8. The number of ether oxygens (including phenoxy) is 2. The first-order valence-corrected chi connectivity index (χ1v) is 10.5. The number of amides is 2. The number of nitrogens with zero attached hydrogens (tertiary/aromatic N) is 2. The van der Waals surface area contributed by atoms with E-state index in [2.05, 4.69) is 10.3 Å². The summed E-state index contributed by atoms with van der Waals surface area (Å²) in [5.41, 5.74) is 4.69. The van der Waals surface area contributed by atoms with Gasteiger partial charge in [-0.3, -0.25) is 19.5 Å². The van der Waals surface area contributed by atoms with Crippen LogP contribution in [0.15, 0.2) is 66.6 Å². The molecule has 0 radical (unpaired) electrons. The molecule has 0 fully saturated rings. The lowest BCUT2D eigenvalue weighted by Gasteiger charge is -2.16. The van der Waals surface area contributed by atoms with Gasteiger partial charge in [-0.05, 0) is 60.4 Å². The van der Waals surface area contributed by atoms with Crippen molar-refractivity contribution in [2.45, 2.75) is 20.4 Å². The lowest BCUT2D eigenvalue weighted by atomic mass is 10.0. The van der Waals surface area contributed by atoms with Crippen LogP contribution >= 0.6 is 0 Å². The average Bonchev–Trinajstić information content (AvgIpc) is 3.06. The Labute approximate surface area is 192 Å². The normalized spacial score (nSPS) is 13.5. The number of hydrogen-bond donors (Lipinski definition) is 1. The van der Waals surface area contributed by atoms with Crippen molar-refractivity contribution in [2.24, 2.45) is 0 Å². The zero-order valence-electron chi connectivity index (χ0n) is 19.0. The molecule has 0 bridgehead atoms. The molecule has 0 aliphatic carbocycles. The standard InChI is InChI=1S/C26H25N3O4/c1-16-7-5-9-20(17(16)2)28-24-23(19-10-11-21(32-3)22(13-19)33-4)25(30)29(26(24)31)15-18-8-6-12-27-14-18/h5-14,28H,15H2,1-4H3. The van der Waals surface area contributed by atoms with Crippen molar-refractivity contribution in [3.8, 4) is 11.5 Å². The number of carbonyl (C=O) groups excluding carboxylic acids is 2. The molecule has 1 aliphatic rings. The highest BCUT2D eigenvalue weighted by molar-refractivity contribution is 6.36. The molecular formula is C26H25N3O4. The van der Waals surface area contributed by atoms with Crippen molar-refractivity contribution >= 4 is 23.1 Å². The van der Waals surface area contributed by atoms with Crippen molar-refractivity contribution in [1.82, 2.24) is 9.88 Å². The van der Waals surface area contributed by atoms with Crippen LogP contribution in [-0.4, -0.2) is 35.9 Å². The molecule has 7 heteroatoms. The Morgan fingerprint density at radius 1 is 0.939 bits per heavy atom. The summed E-state index contributed by atoms with van der Waals surface area (Å²) in [4.78, 5) is 32.4. The third-order valence-electron chi connectivity index (χ3n) is 5.77. The number of pyridine rings is 1. The molecule has 2 amide bonds. The Hall–Kier alpha value is -4.13. The van der Waals surface area contributed by atoms with E-state index in [9.17, 15) is 9.59 Å². The Bertz CT molecular complexity index is 1250. The van der Waals surface area contributed by atoms with Gasteiger partial charge in [0.25, 0.3) is 11.8 Å². The number of anilines is 1. The molecule has 168 valence electrons. The summed E-state index contributed by atoms with van der Waals surface area (Å²) in [6, 6.07) is 14.6. The second-order valence-electron chi connectivity index (χ2n) is 7.75. The predicted octanol–water partition coefficient (Wildman–Crippen LogP) is 4.11. The lowest BCUT2D eigenvalue weighted by molar-refractivity contribution is -0.137. The van der Waals surface area contributed by atoms with Gasteiger partial charge in [0.1, 0.15) is 5.70 Å². The zero-order chi connectivity index (χ0) is 23.5. The fraction of sp³-hybridized carbons (Fsp3) is 0.192. The van der Waals surface area contributed by atoms with Crippen molar-refractivity contribution in [1.29, 1.82) is 0 Å². The summed E-state index contributed by atoms with van der Waals surface area (Å²) >= 11 is 0. The monoisotopic (exact) mass is 443 g/mol. The van der Waals surface area contributed by atoms with E-state index < -0.39 is 5.91 Å². The number of methoxy groups -OCH3 is 2. The van der Waals surface area contributed by atoms with Crippen LogP contribution in [0.3, 0.4) is 0 Å². The summed E-state index contributed by atoms with van der Waals surface area (Å²) in [5, 5.41) is 3.24. The summed E-state index contributed by atoms with van der Waals surface area (Å²) in [5.74, 6) is 0.229. The molecule has 0 spiro atoms. The van der Waals surface area contributed by atoms with E-state index in [4.69, 9.17) is 9.47 Å². The number of hydrogen-bond acceptors (Lipinski definition) is 6. The van der Waals surface area contributed by atoms with Crippen LogP contribution in [0.5, 0.6) is 11.5 Å². The van der Waals surface area contributed by atoms with Crippen LogP contribution < -0.4 is 14.8 Å². The van der Waals surface area contributed by atoms with E-state index >= 15 is 0 Å². The van der Waals surface area contributed by atoms with Crippen LogP contribution in [0, 0.1) is 13.8 Å². The topological polar surface area (TPSA) is 80.8 Å². The fourth-order valence-electron chi connectivity index (χ4n) is 3.79. The third kappa shape index (κ3) is 4.17. The largest absolute Gasteiger partial charge is 0.493 e. The Balaban J connectivity index is 1.81. The van der Waals surface area contributed by atoms with Gasteiger partial charge in [0, 0.05) is 18.1 Å². The van der Waals surface area contributed by atoms with Crippen LogP contribution in [-0.2, 0) is 16.1 Å². The van der Waals surface area contributed by atoms with Crippen LogP contribution in [0.2, 0.25) is 0 Å². The zero-order valence-corrected chi connectivity index (χ0v) is 19.0. The minimum atomic E-state index is -0.394.